The van der Waals surface area contributed by atoms with Crippen LogP contribution in [0.25, 0.3) is 0 Å². The van der Waals surface area contributed by atoms with Crippen LogP contribution in [0.2, 0.25) is 0 Å². The Morgan fingerprint density at radius 1 is 1.32 bits per heavy atom. The van der Waals surface area contributed by atoms with Crippen LogP contribution in [0.1, 0.15) is 33.1 Å². The topological polar surface area (TPSA) is 70.7 Å². The molecular weight excluding hydrogens is 266 g/mol. The van der Waals surface area contributed by atoms with Crippen molar-refractivity contribution in [3.63, 3.8) is 0 Å². The maximum Gasteiger partial charge on any atom is 0.279 e. The number of nitrogens with one attached hydrogen (secondary N) is 2. The van der Waals surface area contributed by atoms with Crippen LogP contribution in [-0.4, -0.2) is 58.2 Å². The van der Waals surface area contributed by atoms with Crippen LogP contribution in [0.4, 0.5) is 0 Å². The summed E-state index contributed by atoms with van der Waals surface area (Å²) in [7, 11) is -1.73. The predicted molar refractivity (Wildman–Crippen MR) is 76.3 cm³/mol. The van der Waals surface area contributed by atoms with Gasteiger partial charge in [-0.15, -0.1) is 0 Å². The third-order valence-electron chi connectivity index (χ3n) is 3.30. The van der Waals surface area contributed by atoms with Crippen LogP contribution in [0.15, 0.2) is 0 Å². The lowest BCUT2D eigenvalue weighted by atomic mass is 9.90. The van der Waals surface area contributed by atoms with Crippen molar-refractivity contribution in [3.8, 4) is 0 Å². The predicted octanol–water partition coefficient (Wildman–Crippen LogP) is 0.320. The van der Waals surface area contributed by atoms with E-state index >= 15 is 0 Å². The summed E-state index contributed by atoms with van der Waals surface area (Å²) in [5.41, 5.74) is 0. The zero-order chi connectivity index (χ0) is 14.3. The van der Waals surface area contributed by atoms with Crippen molar-refractivity contribution in [1.29, 1.82) is 0 Å². The zero-order valence-corrected chi connectivity index (χ0v) is 13.0. The van der Waals surface area contributed by atoms with Crippen molar-refractivity contribution >= 4 is 10.2 Å². The van der Waals surface area contributed by atoms with E-state index in [1.807, 2.05) is 13.8 Å². The molecule has 114 valence electrons. The molecule has 2 N–H and O–H groups in total. The first-order valence-corrected chi connectivity index (χ1v) is 8.49. The third kappa shape index (κ3) is 5.74. The van der Waals surface area contributed by atoms with Gasteiger partial charge in [-0.1, -0.05) is 6.92 Å². The molecule has 0 heterocycles. The van der Waals surface area contributed by atoms with Crippen LogP contribution in [0.5, 0.6) is 0 Å². The fraction of sp³-hybridized carbons (Fsp3) is 1.00. The van der Waals surface area contributed by atoms with Gasteiger partial charge in [0.25, 0.3) is 10.2 Å². The standard InChI is InChI=1S/C12H27N3O3S/c1-4-13-7-6-8-15(3)19(16,17)14-11-9-12(10-11)18-5-2/h11-14H,4-10H2,1-3H3. The Kier molecular flexibility index (Phi) is 7.23. The summed E-state index contributed by atoms with van der Waals surface area (Å²) in [4.78, 5) is 0. The summed E-state index contributed by atoms with van der Waals surface area (Å²) in [5, 5.41) is 3.18. The first-order valence-electron chi connectivity index (χ1n) is 7.05. The maximum absolute atomic E-state index is 12.0. The minimum atomic E-state index is -3.35. The fourth-order valence-electron chi connectivity index (χ4n) is 2.06. The highest BCUT2D eigenvalue weighted by Crippen LogP contribution is 2.24. The van der Waals surface area contributed by atoms with Crippen LogP contribution in [-0.2, 0) is 14.9 Å². The Morgan fingerprint density at radius 3 is 2.58 bits per heavy atom. The number of nitrogens with zero attached hydrogens (tertiary/aromatic N) is 1. The van der Waals surface area contributed by atoms with E-state index in [-0.39, 0.29) is 12.1 Å². The molecule has 0 aromatic heterocycles. The molecule has 7 heteroatoms. The second-order valence-electron chi connectivity index (χ2n) is 4.90. The van der Waals surface area contributed by atoms with Crippen LogP contribution >= 0.6 is 0 Å². The number of hydrogen-bond donors (Lipinski definition) is 2. The molecule has 1 aliphatic carbocycles. The molecule has 6 nitrogen and oxygen atoms in total. The lowest BCUT2D eigenvalue weighted by Gasteiger charge is -2.36. The average Bonchev–Trinajstić information content (AvgIpc) is 2.31. The van der Waals surface area contributed by atoms with E-state index in [9.17, 15) is 8.42 Å². The third-order valence-corrected chi connectivity index (χ3v) is 4.93. The molecule has 0 aliphatic heterocycles. The molecular formula is C12H27N3O3S. The molecule has 0 bridgehead atoms. The minimum Gasteiger partial charge on any atom is -0.378 e. The van der Waals surface area contributed by atoms with E-state index in [1.54, 1.807) is 7.05 Å². The van der Waals surface area contributed by atoms with Gasteiger partial charge in [0, 0.05) is 26.2 Å². The Bertz CT molecular complexity index is 342. The molecule has 1 saturated carbocycles. The van der Waals surface area contributed by atoms with Crippen molar-refractivity contribution in [3.05, 3.63) is 0 Å². The molecule has 19 heavy (non-hydrogen) atoms. The Balaban J connectivity index is 2.23. The Morgan fingerprint density at radius 2 is 2.00 bits per heavy atom. The van der Waals surface area contributed by atoms with Crippen molar-refractivity contribution < 1.29 is 13.2 Å². The molecule has 0 aromatic carbocycles. The summed E-state index contributed by atoms with van der Waals surface area (Å²) < 4.78 is 33.6. The highest BCUT2D eigenvalue weighted by Gasteiger charge is 2.33. The van der Waals surface area contributed by atoms with Gasteiger partial charge in [0.2, 0.25) is 0 Å². The SMILES string of the molecule is CCNCCCN(C)S(=O)(=O)NC1CC(OCC)C1. The van der Waals surface area contributed by atoms with Gasteiger partial charge in [-0.2, -0.15) is 17.4 Å². The molecule has 0 amide bonds. The van der Waals surface area contributed by atoms with Gasteiger partial charge in [0.15, 0.2) is 0 Å². The smallest absolute Gasteiger partial charge is 0.279 e. The lowest BCUT2D eigenvalue weighted by molar-refractivity contribution is -0.00503. The van der Waals surface area contributed by atoms with E-state index < -0.39 is 10.2 Å². The monoisotopic (exact) mass is 293 g/mol. The quantitative estimate of drug-likeness (QED) is 0.569. The Labute approximate surface area is 117 Å². The van der Waals surface area contributed by atoms with Crippen molar-refractivity contribution in [2.24, 2.45) is 0 Å². The normalized spacial score (nSPS) is 23.6. The van der Waals surface area contributed by atoms with E-state index in [1.165, 1.54) is 4.31 Å². The molecule has 1 fully saturated rings. The number of rotatable bonds is 10. The van der Waals surface area contributed by atoms with Gasteiger partial charge in [-0.05, 0) is 39.3 Å². The van der Waals surface area contributed by atoms with Gasteiger partial charge < -0.3 is 10.1 Å². The molecule has 1 rings (SSSR count). The fourth-order valence-corrected chi connectivity index (χ4v) is 3.22. The largest absolute Gasteiger partial charge is 0.378 e. The second-order valence-corrected chi connectivity index (χ2v) is 6.71. The first-order chi connectivity index (χ1) is 8.99. The van der Waals surface area contributed by atoms with E-state index in [2.05, 4.69) is 10.0 Å². The highest BCUT2D eigenvalue weighted by atomic mass is 32.2. The summed E-state index contributed by atoms with van der Waals surface area (Å²) in [5.74, 6) is 0. The van der Waals surface area contributed by atoms with E-state index in [0.29, 0.717) is 13.2 Å². The molecule has 0 saturated heterocycles. The summed E-state index contributed by atoms with van der Waals surface area (Å²) in [6.07, 6.45) is 2.59. The second kappa shape index (κ2) is 8.16. The first kappa shape index (κ1) is 16.8. The van der Waals surface area contributed by atoms with Crippen molar-refractivity contribution in [2.45, 2.75) is 45.3 Å². The summed E-state index contributed by atoms with van der Waals surface area (Å²) in [6.45, 7) is 6.96. The van der Waals surface area contributed by atoms with E-state index in [0.717, 1.165) is 32.4 Å². The van der Waals surface area contributed by atoms with Gasteiger partial charge in [-0.25, -0.2) is 0 Å². The molecule has 0 radical (unpaired) electrons. The Hall–Kier alpha value is -0.210. The van der Waals surface area contributed by atoms with Crippen molar-refractivity contribution in [1.82, 2.24) is 14.3 Å². The molecule has 1 aliphatic rings. The van der Waals surface area contributed by atoms with Gasteiger partial charge in [0.05, 0.1) is 6.10 Å². The lowest BCUT2D eigenvalue weighted by Crippen LogP contribution is -2.51. The molecule has 0 aromatic rings. The van der Waals surface area contributed by atoms with Crippen LogP contribution < -0.4 is 10.0 Å². The zero-order valence-electron chi connectivity index (χ0n) is 12.2. The number of hydrogen-bond acceptors (Lipinski definition) is 4. The van der Waals surface area contributed by atoms with Gasteiger partial charge in [-0.3, -0.25) is 0 Å². The molecule has 0 spiro atoms. The number of ether oxygens (including phenoxy) is 1. The maximum atomic E-state index is 12.0. The van der Waals surface area contributed by atoms with Crippen LogP contribution in [0.3, 0.4) is 0 Å². The van der Waals surface area contributed by atoms with Gasteiger partial charge in [0.1, 0.15) is 0 Å². The molecule has 0 atom stereocenters. The van der Waals surface area contributed by atoms with E-state index in [4.69, 9.17) is 4.74 Å². The average molecular weight is 293 g/mol. The van der Waals surface area contributed by atoms with Crippen LogP contribution in [0, 0.1) is 0 Å². The minimum absolute atomic E-state index is 0.0257. The highest BCUT2D eigenvalue weighted by molar-refractivity contribution is 7.87. The molecule has 0 unspecified atom stereocenters. The van der Waals surface area contributed by atoms with Gasteiger partial charge >= 0.3 is 0 Å². The summed E-state index contributed by atoms with van der Waals surface area (Å²) in [6, 6.07) is 0.0257. The summed E-state index contributed by atoms with van der Waals surface area (Å²) >= 11 is 0. The van der Waals surface area contributed by atoms with Crippen molar-refractivity contribution in [2.75, 3.05) is 33.3 Å².